The van der Waals surface area contributed by atoms with Crippen molar-refractivity contribution < 1.29 is 25.5 Å². The highest BCUT2D eigenvalue weighted by molar-refractivity contribution is 5.15. The van der Waals surface area contributed by atoms with Gasteiger partial charge in [0.15, 0.2) is 0 Å². The lowest BCUT2D eigenvalue weighted by Gasteiger charge is -2.62. The molecule has 0 aromatic heterocycles. The summed E-state index contributed by atoms with van der Waals surface area (Å²) in [6.45, 7) is 11.6. The van der Waals surface area contributed by atoms with Crippen LogP contribution in [0.25, 0.3) is 0 Å². The Kier molecular flexibility index (Phi) is 7.84. The normalized spacial score (nSPS) is 50.4. The van der Waals surface area contributed by atoms with Gasteiger partial charge in [0, 0.05) is 6.61 Å². The minimum Gasteiger partial charge on any atom is -0.396 e. The summed E-state index contributed by atoms with van der Waals surface area (Å²) in [7, 11) is 0. The summed E-state index contributed by atoms with van der Waals surface area (Å²) < 4.78 is 0. The van der Waals surface area contributed by atoms with Crippen LogP contribution in [0.2, 0.25) is 0 Å². The Bertz CT molecular complexity index is 698. The summed E-state index contributed by atoms with van der Waals surface area (Å²) in [5.74, 6) is 2.21. The number of rotatable bonds is 7. The maximum absolute atomic E-state index is 11.5. The van der Waals surface area contributed by atoms with E-state index in [1.54, 1.807) is 0 Å². The molecular formula is C29H52O5. The van der Waals surface area contributed by atoms with E-state index < -0.39 is 18.3 Å². The van der Waals surface area contributed by atoms with Gasteiger partial charge in [0.2, 0.25) is 0 Å². The first-order valence-electron chi connectivity index (χ1n) is 14.3. The molecule has 13 atom stereocenters. The first kappa shape index (κ1) is 26.9. The van der Waals surface area contributed by atoms with Crippen LogP contribution in [0.4, 0.5) is 0 Å². The summed E-state index contributed by atoms with van der Waals surface area (Å²) in [6, 6.07) is 0. The van der Waals surface area contributed by atoms with Crippen LogP contribution < -0.4 is 0 Å². The van der Waals surface area contributed by atoms with E-state index in [2.05, 4.69) is 34.6 Å². The average molecular weight is 481 g/mol. The van der Waals surface area contributed by atoms with E-state index in [1.807, 2.05) is 0 Å². The highest BCUT2D eigenvalue weighted by atomic mass is 16.3. The molecule has 4 saturated carbocycles. The number of hydrogen-bond donors (Lipinski definition) is 5. The van der Waals surface area contributed by atoms with Gasteiger partial charge in [0.05, 0.1) is 24.4 Å². The Morgan fingerprint density at radius 3 is 2.12 bits per heavy atom. The molecule has 0 amide bonds. The van der Waals surface area contributed by atoms with Gasteiger partial charge >= 0.3 is 0 Å². The van der Waals surface area contributed by atoms with Gasteiger partial charge in [-0.2, -0.15) is 0 Å². The van der Waals surface area contributed by atoms with E-state index in [4.69, 9.17) is 0 Å². The Hall–Kier alpha value is -0.200. The van der Waals surface area contributed by atoms with Crippen molar-refractivity contribution in [1.82, 2.24) is 0 Å². The van der Waals surface area contributed by atoms with Crippen LogP contribution in [0.15, 0.2) is 0 Å². The van der Waals surface area contributed by atoms with Gasteiger partial charge in [0.25, 0.3) is 0 Å². The minimum atomic E-state index is -0.731. The maximum Gasteiger partial charge on any atom is 0.0838 e. The van der Waals surface area contributed by atoms with E-state index in [-0.39, 0.29) is 47.2 Å². The van der Waals surface area contributed by atoms with E-state index in [9.17, 15) is 25.5 Å². The van der Waals surface area contributed by atoms with Crippen LogP contribution in [-0.2, 0) is 0 Å². The molecule has 0 spiro atoms. The quantitative estimate of drug-likeness (QED) is 0.379. The lowest BCUT2D eigenvalue weighted by molar-refractivity contribution is -0.181. The van der Waals surface area contributed by atoms with Crippen molar-refractivity contribution in [2.75, 3.05) is 6.61 Å². The van der Waals surface area contributed by atoms with Crippen molar-refractivity contribution in [3.05, 3.63) is 0 Å². The van der Waals surface area contributed by atoms with E-state index in [0.29, 0.717) is 36.5 Å². The molecule has 34 heavy (non-hydrogen) atoms. The zero-order valence-corrected chi connectivity index (χ0v) is 22.2. The molecule has 0 aromatic rings. The molecule has 4 aliphatic carbocycles. The first-order chi connectivity index (χ1) is 16.0. The van der Waals surface area contributed by atoms with Gasteiger partial charge in [-0.3, -0.25) is 0 Å². The summed E-state index contributed by atoms with van der Waals surface area (Å²) >= 11 is 0. The SMILES string of the molecule is CC(C)[C@@H](CCO)CC[C@@H](C)[C@H]1[C@@H](O)[C@@H](O)[C@H]2[C@@H]3C[C@H](O)[C@H]4C[C@@H](O)CC[C@]4(C)[C@H]3CC[C@]12C. The number of aliphatic hydroxyl groups excluding tert-OH is 5. The van der Waals surface area contributed by atoms with Crippen LogP contribution in [-0.4, -0.2) is 56.6 Å². The van der Waals surface area contributed by atoms with Crippen molar-refractivity contribution in [2.45, 2.75) is 117 Å². The number of hydrogen-bond acceptors (Lipinski definition) is 5. The maximum atomic E-state index is 11.5. The van der Waals surface area contributed by atoms with Crippen molar-refractivity contribution in [3.63, 3.8) is 0 Å². The fraction of sp³-hybridized carbons (Fsp3) is 1.00. The third-order valence-corrected chi connectivity index (χ3v) is 11.8. The predicted octanol–water partition coefficient (Wildman–Crippen LogP) is 3.99. The Labute approximate surface area is 207 Å². The minimum absolute atomic E-state index is 0.00600. The van der Waals surface area contributed by atoms with E-state index in [1.165, 1.54) is 0 Å². The van der Waals surface area contributed by atoms with Crippen molar-refractivity contribution in [1.29, 1.82) is 0 Å². The Morgan fingerprint density at radius 1 is 0.794 bits per heavy atom. The average Bonchev–Trinajstić information content (AvgIpc) is 2.97. The zero-order chi connectivity index (χ0) is 25.0. The van der Waals surface area contributed by atoms with Crippen molar-refractivity contribution in [3.8, 4) is 0 Å². The fourth-order valence-electron chi connectivity index (χ4n) is 10.0. The van der Waals surface area contributed by atoms with Crippen LogP contribution in [0.1, 0.15) is 92.4 Å². The molecule has 0 aromatic carbocycles. The zero-order valence-electron chi connectivity index (χ0n) is 22.2. The molecule has 0 aliphatic heterocycles. The third kappa shape index (κ3) is 4.30. The number of aliphatic hydroxyl groups is 5. The fourth-order valence-corrected chi connectivity index (χ4v) is 10.0. The van der Waals surface area contributed by atoms with Crippen LogP contribution in [0.3, 0.4) is 0 Å². The van der Waals surface area contributed by atoms with E-state index in [0.717, 1.165) is 44.9 Å². The molecular weight excluding hydrogens is 428 g/mol. The predicted molar refractivity (Wildman–Crippen MR) is 134 cm³/mol. The van der Waals surface area contributed by atoms with Gasteiger partial charge < -0.3 is 25.5 Å². The molecule has 5 nitrogen and oxygen atoms in total. The van der Waals surface area contributed by atoms with Crippen LogP contribution in [0.5, 0.6) is 0 Å². The molecule has 0 bridgehead atoms. The van der Waals surface area contributed by atoms with E-state index >= 15 is 0 Å². The summed E-state index contributed by atoms with van der Waals surface area (Å²) in [5.41, 5.74) is -0.118. The second-order valence-electron chi connectivity index (χ2n) is 13.8. The standard InChI is InChI=1S/C29H52O5/c1-16(2)18(10-13-30)7-6-17(3)24-26(33)27(34)25-20-15-23(32)22-14-19(31)8-11-28(22,4)21(20)9-12-29(24,25)5/h16-27,30-34H,6-15H2,1-5H3/t17-,18-,19+,20-,21+,22-,23+,24+,25-,26-,27+,28-,29-/m1/s1. The van der Waals surface area contributed by atoms with Crippen molar-refractivity contribution >= 4 is 0 Å². The number of fused-ring (bicyclic) bond motifs is 5. The Balaban J connectivity index is 1.55. The van der Waals surface area contributed by atoms with Gasteiger partial charge in [-0.15, -0.1) is 0 Å². The second kappa shape index (κ2) is 9.93. The molecule has 0 saturated heterocycles. The highest BCUT2D eigenvalue weighted by Gasteiger charge is 2.67. The molecule has 5 heteroatoms. The van der Waals surface area contributed by atoms with Gasteiger partial charge in [0.1, 0.15) is 0 Å². The summed E-state index contributed by atoms with van der Waals surface area (Å²) in [4.78, 5) is 0. The lowest BCUT2D eigenvalue weighted by atomic mass is 9.43. The second-order valence-corrected chi connectivity index (χ2v) is 13.8. The smallest absolute Gasteiger partial charge is 0.0838 e. The van der Waals surface area contributed by atoms with Gasteiger partial charge in [-0.1, -0.05) is 41.0 Å². The topological polar surface area (TPSA) is 101 Å². The molecule has 4 fully saturated rings. The lowest BCUT2D eigenvalue weighted by Crippen LogP contribution is -2.59. The molecule has 5 N–H and O–H groups in total. The molecule has 0 heterocycles. The largest absolute Gasteiger partial charge is 0.396 e. The van der Waals surface area contributed by atoms with Gasteiger partial charge in [-0.25, -0.2) is 0 Å². The van der Waals surface area contributed by atoms with Gasteiger partial charge in [-0.05, 0) is 110 Å². The summed E-state index contributed by atoms with van der Waals surface area (Å²) in [5, 5.41) is 53.9. The van der Waals surface area contributed by atoms with Crippen molar-refractivity contribution in [2.24, 2.45) is 58.2 Å². The summed E-state index contributed by atoms with van der Waals surface area (Å²) in [6.07, 6.45) is 5.95. The first-order valence-corrected chi connectivity index (χ1v) is 14.3. The monoisotopic (exact) mass is 480 g/mol. The third-order valence-electron chi connectivity index (χ3n) is 11.8. The highest BCUT2D eigenvalue weighted by Crippen LogP contribution is 2.68. The van der Waals surface area contributed by atoms with Crippen LogP contribution in [0, 0.1) is 58.2 Å². The Morgan fingerprint density at radius 2 is 1.47 bits per heavy atom. The molecule has 4 rings (SSSR count). The molecule has 4 aliphatic rings. The molecule has 198 valence electrons. The molecule has 0 unspecified atom stereocenters. The van der Waals surface area contributed by atoms with Crippen LogP contribution >= 0.6 is 0 Å². The molecule has 0 radical (unpaired) electrons.